The Morgan fingerprint density at radius 1 is 1.70 bits per heavy atom. The molecule has 0 aliphatic carbocycles. The molecule has 0 saturated heterocycles. The van der Waals surface area contributed by atoms with Crippen LogP contribution in [-0.4, -0.2) is 10.2 Å². The molecule has 1 heterocycles. The van der Waals surface area contributed by atoms with Gasteiger partial charge in [0.2, 0.25) is 0 Å². The van der Waals surface area contributed by atoms with Crippen LogP contribution in [0, 0.1) is 0 Å². The summed E-state index contributed by atoms with van der Waals surface area (Å²) in [6, 6.07) is 0. The van der Waals surface area contributed by atoms with E-state index in [2.05, 4.69) is 26.1 Å². The summed E-state index contributed by atoms with van der Waals surface area (Å²) in [4.78, 5) is 0. The Kier molecular flexibility index (Phi) is 2.63. The van der Waals surface area contributed by atoms with Crippen molar-refractivity contribution in [3.63, 3.8) is 0 Å². The van der Waals surface area contributed by atoms with Gasteiger partial charge in [0.25, 0.3) is 0 Å². The molecule has 10 heavy (non-hydrogen) atoms. The molecule has 0 atom stereocenters. The highest BCUT2D eigenvalue weighted by atomic mass is 79.9. The third-order valence-corrected chi connectivity index (χ3v) is 2.19. The van der Waals surface area contributed by atoms with Crippen LogP contribution in [-0.2, 0) is 6.42 Å². The van der Waals surface area contributed by atoms with Gasteiger partial charge in [-0.05, 0) is 22.4 Å². The van der Waals surface area contributed by atoms with Crippen molar-refractivity contribution < 1.29 is 0 Å². The zero-order valence-electron chi connectivity index (χ0n) is 5.43. The molecule has 1 aromatic rings. The highest BCUT2D eigenvalue weighted by molar-refractivity contribution is 9.10. The Morgan fingerprint density at radius 2 is 2.40 bits per heavy atom. The van der Waals surface area contributed by atoms with E-state index in [0.29, 0.717) is 5.15 Å². The van der Waals surface area contributed by atoms with Crippen LogP contribution in [0.25, 0.3) is 0 Å². The predicted molar refractivity (Wildman–Crippen MR) is 44.1 cm³/mol. The molecule has 1 rings (SSSR count). The molecule has 0 bridgehead atoms. The van der Waals surface area contributed by atoms with Crippen molar-refractivity contribution >= 4 is 27.5 Å². The fraction of sp³-hybridized carbons (Fsp3) is 0.333. The van der Waals surface area contributed by atoms with Crippen molar-refractivity contribution in [1.29, 1.82) is 0 Å². The van der Waals surface area contributed by atoms with Crippen LogP contribution in [0.15, 0.2) is 10.7 Å². The van der Waals surface area contributed by atoms with Gasteiger partial charge in [-0.1, -0.05) is 18.5 Å². The van der Waals surface area contributed by atoms with Gasteiger partial charge in [-0.15, -0.1) is 5.10 Å². The molecule has 2 nitrogen and oxygen atoms in total. The molecular weight excluding hydrogens is 215 g/mol. The fourth-order valence-corrected chi connectivity index (χ4v) is 1.63. The molecule has 0 aliphatic rings. The van der Waals surface area contributed by atoms with Gasteiger partial charge in [0.05, 0.1) is 6.20 Å². The second-order valence-electron chi connectivity index (χ2n) is 1.82. The van der Waals surface area contributed by atoms with Crippen molar-refractivity contribution in [3.05, 3.63) is 21.4 Å². The number of halogens is 2. The van der Waals surface area contributed by atoms with E-state index in [1.54, 1.807) is 6.20 Å². The second-order valence-corrected chi connectivity index (χ2v) is 3.03. The maximum Gasteiger partial charge on any atom is 0.156 e. The standard InChI is InChI=1S/C6H6BrClN2/c1-2-4-5(7)3-9-10-6(4)8/h3H,2H2,1H3. The molecular formula is C6H6BrClN2. The normalized spacial score (nSPS) is 9.90. The summed E-state index contributed by atoms with van der Waals surface area (Å²) in [5, 5.41) is 7.84. The molecule has 0 radical (unpaired) electrons. The van der Waals surface area contributed by atoms with Crippen LogP contribution in [0.4, 0.5) is 0 Å². The van der Waals surface area contributed by atoms with Crippen LogP contribution < -0.4 is 0 Å². The Morgan fingerprint density at radius 3 is 2.80 bits per heavy atom. The van der Waals surface area contributed by atoms with E-state index in [1.165, 1.54) is 0 Å². The van der Waals surface area contributed by atoms with Gasteiger partial charge in [0.15, 0.2) is 5.15 Å². The Balaban J connectivity index is 3.17. The van der Waals surface area contributed by atoms with E-state index in [0.717, 1.165) is 16.5 Å². The Labute approximate surface area is 72.7 Å². The van der Waals surface area contributed by atoms with E-state index < -0.39 is 0 Å². The Hall–Kier alpha value is -0.150. The quantitative estimate of drug-likeness (QED) is 0.728. The van der Waals surface area contributed by atoms with E-state index in [9.17, 15) is 0 Å². The highest BCUT2D eigenvalue weighted by Crippen LogP contribution is 2.21. The summed E-state index contributed by atoms with van der Waals surface area (Å²) in [5.74, 6) is 0. The monoisotopic (exact) mass is 220 g/mol. The summed E-state index contributed by atoms with van der Waals surface area (Å²) >= 11 is 9.05. The van der Waals surface area contributed by atoms with Crippen molar-refractivity contribution in [2.75, 3.05) is 0 Å². The zero-order chi connectivity index (χ0) is 7.56. The summed E-state index contributed by atoms with van der Waals surface area (Å²) in [6.45, 7) is 2.02. The average Bonchev–Trinajstić information content (AvgIpc) is 1.88. The first-order chi connectivity index (χ1) is 4.75. The average molecular weight is 221 g/mol. The van der Waals surface area contributed by atoms with Crippen molar-refractivity contribution in [1.82, 2.24) is 10.2 Å². The van der Waals surface area contributed by atoms with E-state index >= 15 is 0 Å². The van der Waals surface area contributed by atoms with Crippen molar-refractivity contribution in [2.24, 2.45) is 0 Å². The lowest BCUT2D eigenvalue weighted by Crippen LogP contribution is -1.90. The molecule has 1 aromatic heterocycles. The van der Waals surface area contributed by atoms with Gasteiger partial charge in [-0.2, -0.15) is 5.10 Å². The fourth-order valence-electron chi connectivity index (χ4n) is 0.682. The SMILES string of the molecule is CCc1c(Br)cnnc1Cl. The number of hydrogen-bond donors (Lipinski definition) is 0. The lowest BCUT2D eigenvalue weighted by atomic mass is 10.2. The van der Waals surface area contributed by atoms with Gasteiger partial charge in [0.1, 0.15) is 0 Å². The van der Waals surface area contributed by atoms with Crippen LogP contribution in [0.5, 0.6) is 0 Å². The number of hydrogen-bond acceptors (Lipinski definition) is 2. The molecule has 4 heteroatoms. The third kappa shape index (κ3) is 1.47. The maximum atomic E-state index is 5.73. The first-order valence-corrected chi connectivity index (χ1v) is 4.08. The van der Waals surface area contributed by atoms with Crippen molar-refractivity contribution in [3.8, 4) is 0 Å². The van der Waals surface area contributed by atoms with E-state index in [4.69, 9.17) is 11.6 Å². The first kappa shape index (κ1) is 7.95. The van der Waals surface area contributed by atoms with Crippen LogP contribution in [0.3, 0.4) is 0 Å². The van der Waals surface area contributed by atoms with E-state index in [-0.39, 0.29) is 0 Å². The largest absolute Gasteiger partial charge is 0.156 e. The zero-order valence-corrected chi connectivity index (χ0v) is 7.78. The van der Waals surface area contributed by atoms with Crippen LogP contribution in [0.1, 0.15) is 12.5 Å². The topological polar surface area (TPSA) is 25.8 Å². The molecule has 0 N–H and O–H groups in total. The minimum absolute atomic E-state index is 0.483. The minimum Gasteiger partial charge on any atom is -0.156 e. The minimum atomic E-state index is 0.483. The molecule has 54 valence electrons. The van der Waals surface area contributed by atoms with Crippen LogP contribution >= 0.6 is 27.5 Å². The summed E-state index contributed by atoms with van der Waals surface area (Å²) < 4.78 is 0.926. The Bertz CT molecular complexity index is 219. The molecule has 0 fully saturated rings. The number of aromatic nitrogens is 2. The van der Waals surface area contributed by atoms with Gasteiger partial charge in [0, 0.05) is 10.0 Å². The number of nitrogens with zero attached hydrogens (tertiary/aromatic N) is 2. The molecule has 0 aliphatic heterocycles. The maximum absolute atomic E-state index is 5.73. The molecule has 0 unspecified atom stereocenters. The van der Waals surface area contributed by atoms with Gasteiger partial charge >= 0.3 is 0 Å². The summed E-state index contributed by atoms with van der Waals surface area (Å²) in [6.07, 6.45) is 2.51. The first-order valence-electron chi connectivity index (χ1n) is 2.91. The van der Waals surface area contributed by atoms with E-state index in [1.807, 2.05) is 6.92 Å². The summed E-state index contributed by atoms with van der Waals surface area (Å²) in [7, 11) is 0. The van der Waals surface area contributed by atoms with Crippen molar-refractivity contribution in [2.45, 2.75) is 13.3 Å². The molecule has 0 saturated carbocycles. The van der Waals surface area contributed by atoms with Gasteiger partial charge in [-0.25, -0.2) is 0 Å². The second kappa shape index (κ2) is 3.30. The summed E-state index contributed by atoms with van der Waals surface area (Å²) in [5.41, 5.74) is 1.01. The molecule has 0 spiro atoms. The smallest absolute Gasteiger partial charge is 0.156 e. The molecule has 0 aromatic carbocycles. The lowest BCUT2D eigenvalue weighted by molar-refractivity contribution is 0.972. The highest BCUT2D eigenvalue weighted by Gasteiger charge is 2.02. The lowest BCUT2D eigenvalue weighted by Gasteiger charge is -1.99. The molecule has 0 amide bonds. The number of rotatable bonds is 1. The third-order valence-electron chi connectivity index (χ3n) is 1.21. The van der Waals surface area contributed by atoms with Gasteiger partial charge < -0.3 is 0 Å². The van der Waals surface area contributed by atoms with Crippen LogP contribution in [0.2, 0.25) is 5.15 Å². The predicted octanol–water partition coefficient (Wildman–Crippen LogP) is 2.45. The van der Waals surface area contributed by atoms with Gasteiger partial charge in [-0.3, -0.25) is 0 Å².